The highest BCUT2D eigenvalue weighted by Crippen LogP contribution is 2.29. The van der Waals surface area contributed by atoms with Crippen LogP contribution in [0.4, 0.5) is 0 Å². The van der Waals surface area contributed by atoms with Crippen LogP contribution in [-0.2, 0) is 0 Å². The summed E-state index contributed by atoms with van der Waals surface area (Å²) in [6, 6.07) is 5.92. The minimum absolute atomic E-state index is 0.675. The molecule has 3 heterocycles. The first-order valence-electron chi connectivity index (χ1n) is 6.40. The lowest BCUT2D eigenvalue weighted by Crippen LogP contribution is -2.03. The number of ether oxygens (including phenoxy) is 1. The average molecular weight is 271 g/mol. The second kappa shape index (κ2) is 4.35. The van der Waals surface area contributed by atoms with Crippen molar-refractivity contribution in [2.75, 3.05) is 6.61 Å². The highest BCUT2D eigenvalue weighted by molar-refractivity contribution is 7.08. The van der Waals surface area contributed by atoms with E-state index in [-0.39, 0.29) is 0 Å². The molecule has 0 N–H and O–H groups in total. The summed E-state index contributed by atoms with van der Waals surface area (Å²) in [5, 5.41) is 8.69. The van der Waals surface area contributed by atoms with Crippen molar-refractivity contribution < 1.29 is 4.74 Å². The van der Waals surface area contributed by atoms with Gasteiger partial charge in [-0.05, 0) is 36.3 Å². The Kier molecular flexibility index (Phi) is 2.51. The number of imidazole rings is 1. The third kappa shape index (κ3) is 2.10. The van der Waals surface area contributed by atoms with Gasteiger partial charge in [-0.25, -0.2) is 9.50 Å². The van der Waals surface area contributed by atoms with Crippen molar-refractivity contribution in [2.45, 2.75) is 12.8 Å². The smallest absolute Gasteiger partial charge is 0.231 e. The van der Waals surface area contributed by atoms with Crippen molar-refractivity contribution in [3.05, 3.63) is 35.2 Å². The van der Waals surface area contributed by atoms with E-state index in [1.807, 2.05) is 22.8 Å². The van der Waals surface area contributed by atoms with Gasteiger partial charge in [-0.15, -0.1) is 5.10 Å². The molecule has 0 saturated heterocycles. The fourth-order valence-electron chi connectivity index (χ4n) is 2.03. The molecule has 1 aliphatic carbocycles. The molecule has 0 spiro atoms. The summed E-state index contributed by atoms with van der Waals surface area (Å²) < 4.78 is 7.57. The van der Waals surface area contributed by atoms with Crippen LogP contribution in [-0.4, -0.2) is 21.2 Å². The summed E-state index contributed by atoms with van der Waals surface area (Å²) in [4.78, 5) is 4.37. The topological polar surface area (TPSA) is 39.4 Å². The Hall–Kier alpha value is -1.88. The highest BCUT2D eigenvalue weighted by Gasteiger charge is 2.22. The normalized spacial score (nSPS) is 14.9. The molecule has 1 aliphatic rings. The molecule has 1 saturated carbocycles. The first-order valence-corrected chi connectivity index (χ1v) is 7.34. The van der Waals surface area contributed by atoms with Gasteiger partial charge in [0.25, 0.3) is 0 Å². The molecule has 0 aliphatic heterocycles. The maximum Gasteiger partial charge on any atom is 0.231 e. The molecule has 0 aromatic carbocycles. The lowest BCUT2D eigenvalue weighted by atomic mass is 10.3. The number of fused-ring (bicyclic) bond motifs is 1. The van der Waals surface area contributed by atoms with E-state index in [2.05, 4.69) is 26.9 Å². The predicted molar refractivity (Wildman–Crippen MR) is 74.5 cm³/mol. The average Bonchev–Trinajstić information content (AvgIpc) is 2.94. The van der Waals surface area contributed by atoms with E-state index in [4.69, 9.17) is 4.74 Å². The van der Waals surface area contributed by atoms with Crippen LogP contribution in [0, 0.1) is 5.92 Å². The second-order valence-electron chi connectivity index (χ2n) is 4.85. The fourth-order valence-corrected chi connectivity index (χ4v) is 2.68. The summed E-state index contributed by atoms with van der Waals surface area (Å²) in [5.41, 5.74) is 3.00. The van der Waals surface area contributed by atoms with Crippen molar-refractivity contribution in [3.63, 3.8) is 0 Å². The van der Waals surface area contributed by atoms with E-state index in [9.17, 15) is 0 Å². The Morgan fingerprint density at radius 3 is 3.05 bits per heavy atom. The monoisotopic (exact) mass is 271 g/mol. The quantitative estimate of drug-likeness (QED) is 0.731. The Morgan fingerprint density at radius 1 is 1.32 bits per heavy atom. The number of nitrogens with zero attached hydrogens (tertiary/aromatic N) is 3. The van der Waals surface area contributed by atoms with Gasteiger partial charge in [-0.2, -0.15) is 11.3 Å². The lowest BCUT2D eigenvalue weighted by Gasteiger charge is -2.05. The van der Waals surface area contributed by atoms with Crippen molar-refractivity contribution in [3.8, 4) is 17.1 Å². The predicted octanol–water partition coefficient (Wildman–Crippen LogP) is 3.25. The molecule has 3 aromatic rings. The summed E-state index contributed by atoms with van der Waals surface area (Å²) in [6.45, 7) is 0.779. The molecule has 0 atom stereocenters. The summed E-state index contributed by atoms with van der Waals surface area (Å²) >= 11 is 1.67. The molecule has 0 amide bonds. The van der Waals surface area contributed by atoms with Gasteiger partial charge in [0.1, 0.15) is 0 Å². The van der Waals surface area contributed by atoms with Crippen LogP contribution in [0.5, 0.6) is 5.88 Å². The van der Waals surface area contributed by atoms with Crippen LogP contribution in [0.15, 0.2) is 35.2 Å². The van der Waals surface area contributed by atoms with Crippen LogP contribution >= 0.6 is 11.3 Å². The maximum atomic E-state index is 5.72. The molecule has 19 heavy (non-hydrogen) atoms. The molecule has 1 fully saturated rings. The first-order chi connectivity index (χ1) is 9.40. The van der Waals surface area contributed by atoms with E-state index in [1.54, 1.807) is 11.3 Å². The Morgan fingerprint density at radius 2 is 2.26 bits per heavy atom. The number of rotatable bonds is 4. The van der Waals surface area contributed by atoms with Gasteiger partial charge in [0.2, 0.25) is 5.88 Å². The van der Waals surface area contributed by atoms with Crippen LogP contribution in [0.25, 0.3) is 16.9 Å². The molecule has 5 heteroatoms. The highest BCUT2D eigenvalue weighted by atomic mass is 32.1. The Balaban J connectivity index is 1.71. The molecule has 0 radical (unpaired) electrons. The third-order valence-electron chi connectivity index (χ3n) is 3.32. The molecular weight excluding hydrogens is 258 g/mol. The summed E-state index contributed by atoms with van der Waals surface area (Å²) in [6.07, 6.45) is 4.43. The van der Waals surface area contributed by atoms with Crippen molar-refractivity contribution in [2.24, 2.45) is 5.92 Å². The summed E-state index contributed by atoms with van der Waals surface area (Å²) in [5.74, 6) is 1.41. The summed E-state index contributed by atoms with van der Waals surface area (Å²) in [7, 11) is 0. The standard InChI is InChI=1S/C14H13N3OS/c1-2-10(1)8-18-14-4-3-13-15-7-12(17(13)16-14)11-5-6-19-9-11/h3-7,9-10H,1-2,8H2. The van der Waals surface area contributed by atoms with E-state index in [1.165, 1.54) is 12.8 Å². The first kappa shape index (κ1) is 11.0. The Labute approximate surface area is 114 Å². The molecule has 0 bridgehead atoms. The zero-order valence-electron chi connectivity index (χ0n) is 10.3. The Bertz CT molecular complexity index is 701. The second-order valence-corrected chi connectivity index (χ2v) is 5.63. The van der Waals surface area contributed by atoms with Crippen LogP contribution < -0.4 is 4.74 Å². The molecule has 4 rings (SSSR count). The van der Waals surface area contributed by atoms with Gasteiger partial charge in [0, 0.05) is 17.0 Å². The van der Waals surface area contributed by atoms with E-state index < -0.39 is 0 Å². The maximum absolute atomic E-state index is 5.72. The molecule has 96 valence electrons. The van der Waals surface area contributed by atoms with E-state index in [0.29, 0.717) is 5.88 Å². The van der Waals surface area contributed by atoms with Gasteiger partial charge in [-0.3, -0.25) is 0 Å². The van der Waals surface area contributed by atoms with Crippen LogP contribution in [0.1, 0.15) is 12.8 Å². The molecule has 0 unspecified atom stereocenters. The van der Waals surface area contributed by atoms with Crippen molar-refractivity contribution in [1.82, 2.24) is 14.6 Å². The van der Waals surface area contributed by atoms with E-state index >= 15 is 0 Å². The zero-order chi connectivity index (χ0) is 12.7. The molecule has 3 aromatic heterocycles. The zero-order valence-corrected chi connectivity index (χ0v) is 11.1. The minimum Gasteiger partial charge on any atom is -0.476 e. The number of hydrogen-bond donors (Lipinski definition) is 0. The van der Waals surface area contributed by atoms with Gasteiger partial charge in [0.15, 0.2) is 5.65 Å². The largest absolute Gasteiger partial charge is 0.476 e. The van der Waals surface area contributed by atoms with Crippen LogP contribution in [0.2, 0.25) is 0 Å². The van der Waals surface area contributed by atoms with Gasteiger partial charge in [0.05, 0.1) is 18.5 Å². The van der Waals surface area contributed by atoms with Gasteiger partial charge >= 0.3 is 0 Å². The number of hydrogen-bond acceptors (Lipinski definition) is 4. The fraction of sp³-hybridized carbons (Fsp3) is 0.286. The molecule has 4 nitrogen and oxygen atoms in total. The SMILES string of the molecule is c1cc(-c2cnc3ccc(OCC4CC4)nn23)cs1. The van der Waals surface area contributed by atoms with Crippen LogP contribution in [0.3, 0.4) is 0 Å². The minimum atomic E-state index is 0.675. The van der Waals surface area contributed by atoms with Crippen molar-refractivity contribution in [1.29, 1.82) is 0 Å². The van der Waals surface area contributed by atoms with Crippen molar-refractivity contribution >= 4 is 17.0 Å². The van der Waals surface area contributed by atoms with Gasteiger partial charge < -0.3 is 4.74 Å². The third-order valence-corrected chi connectivity index (χ3v) is 4.00. The van der Waals surface area contributed by atoms with Gasteiger partial charge in [-0.1, -0.05) is 0 Å². The number of thiophene rings is 1. The lowest BCUT2D eigenvalue weighted by molar-refractivity contribution is 0.284. The molecular formula is C14H13N3OS. The number of aromatic nitrogens is 3. The van der Waals surface area contributed by atoms with E-state index in [0.717, 1.165) is 29.4 Å².